The molecule has 1 aliphatic carbocycles. The molecule has 18 heavy (non-hydrogen) atoms. The van der Waals surface area contributed by atoms with Crippen LogP contribution in [-0.2, 0) is 4.79 Å². The summed E-state index contributed by atoms with van der Waals surface area (Å²) in [6, 6.07) is 2.70. The SMILES string of the molecule is O=C(Nc1cc2c(cc1[N+](=O)[O-])OCO2)C1CC1. The lowest BCUT2D eigenvalue weighted by Crippen LogP contribution is -2.14. The number of nitrogens with one attached hydrogen (secondary N) is 1. The number of ether oxygens (including phenoxy) is 2. The molecule has 1 aromatic rings. The molecule has 94 valence electrons. The van der Waals surface area contributed by atoms with Crippen LogP contribution in [-0.4, -0.2) is 17.6 Å². The van der Waals surface area contributed by atoms with Crippen LogP contribution in [0.25, 0.3) is 0 Å². The standard InChI is InChI=1S/C11H10N2O5/c14-11(6-1-2-6)12-7-3-9-10(18-5-17-9)4-8(7)13(15)16/h3-4,6H,1-2,5H2,(H,12,14). The molecule has 1 N–H and O–H groups in total. The van der Waals surface area contributed by atoms with Gasteiger partial charge in [-0.25, -0.2) is 0 Å². The van der Waals surface area contributed by atoms with Crippen molar-refractivity contribution < 1.29 is 19.2 Å². The van der Waals surface area contributed by atoms with Gasteiger partial charge in [0.1, 0.15) is 5.69 Å². The molecular formula is C11H10N2O5. The van der Waals surface area contributed by atoms with Crippen molar-refractivity contribution in [3.63, 3.8) is 0 Å². The molecule has 1 fully saturated rings. The van der Waals surface area contributed by atoms with Gasteiger partial charge in [-0.05, 0) is 12.8 Å². The van der Waals surface area contributed by atoms with Crippen LogP contribution in [0.4, 0.5) is 11.4 Å². The second-order valence-corrected chi connectivity index (χ2v) is 4.24. The van der Waals surface area contributed by atoms with Crippen LogP contribution >= 0.6 is 0 Å². The monoisotopic (exact) mass is 250 g/mol. The Hall–Kier alpha value is -2.31. The Bertz CT molecular complexity index is 538. The third kappa shape index (κ3) is 1.83. The van der Waals surface area contributed by atoms with Crippen LogP contribution in [0.1, 0.15) is 12.8 Å². The van der Waals surface area contributed by atoms with Crippen LogP contribution in [0.15, 0.2) is 12.1 Å². The molecule has 0 saturated heterocycles. The van der Waals surface area contributed by atoms with E-state index in [4.69, 9.17) is 9.47 Å². The quantitative estimate of drug-likeness (QED) is 0.650. The minimum atomic E-state index is -0.551. The summed E-state index contributed by atoms with van der Waals surface area (Å²) in [5, 5.41) is 13.5. The van der Waals surface area contributed by atoms with Gasteiger partial charge in [-0.15, -0.1) is 0 Å². The summed E-state index contributed by atoms with van der Waals surface area (Å²) in [4.78, 5) is 22.0. The van der Waals surface area contributed by atoms with E-state index in [1.807, 2.05) is 0 Å². The van der Waals surface area contributed by atoms with Crippen molar-refractivity contribution in [1.82, 2.24) is 0 Å². The number of carbonyl (C=O) groups excluding carboxylic acids is 1. The zero-order chi connectivity index (χ0) is 12.7. The molecule has 2 aliphatic rings. The zero-order valence-electron chi connectivity index (χ0n) is 9.34. The van der Waals surface area contributed by atoms with E-state index >= 15 is 0 Å². The fraction of sp³-hybridized carbons (Fsp3) is 0.364. The Morgan fingerprint density at radius 1 is 1.33 bits per heavy atom. The highest BCUT2D eigenvalue weighted by Gasteiger charge is 2.32. The number of hydrogen-bond donors (Lipinski definition) is 1. The van der Waals surface area contributed by atoms with Crippen molar-refractivity contribution in [1.29, 1.82) is 0 Å². The fourth-order valence-corrected chi connectivity index (χ4v) is 1.76. The average molecular weight is 250 g/mol. The largest absolute Gasteiger partial charge is 0.454 e. The number of nitro benzene ring substituents is 1. The highest BCUT2D eigenvalue weighted by Crippen LogP contribution is 2.41. The summed E-state index contributed by atoms with van der Waals surface area (Å²) >= 11 is 0. The molecule has 0 radical (unpaired) electrons. The highest BCUT2D eigenvalue weighted by atomic mass is 16.7. The summed E-state index contributed by atoms with van der Waals surface area (Å²) in [6.07, 6.45) is 1.67. The van der Waals surface area contributed by atoms with Gasteiger partial charge in [-0.2, -0.15) is 0 Å². The van der Waals surface area contributed by atoms with Gasteiger partial charge >= 0.3 is 0 Å². The number of nitro groups is 1. The molecule has 7 heteroatoms. The van der Waals surface area contributed by atoms with Crippen molar-refractivity contribution in [3.8, 4) is 11.5 Å². The van der Waals surface area contributed by atoms with E-state index in [0.717, 1.165) is 12.8 Å². The minimum absolute atomic E-state index is 0.0185. The van der Waals surface area contributed by atoms with Crippen LogP contribution in [0.3, 0.4) is 0 Å². The summed E-state index contributed by atoms with van der Waals surface area (Å²) < 4.78 is 10.2. The molecule has 1 saturated carbocycles. The van der Waals surface area contributed by atoms with Crippen molar-refractivity contribution in [2.45, 2.75) is 12.8 Å². The van der Waals surface area contributed by atoms with Crippen molar-refractivity contribution in [2.24, 2.45) is 5.92 Å². The predicted molar refractivity (Wildman–Crippen MR) is 60.6 cm³/mol. The zero-order valence-corrected chi connectivity index (χ0v) is 9.34. The molecule has 7 nitrogen and oxygen atoms in total. The van der Waals surface area contributed by atoms with E-state index in [1.54, 1.807) is 0 Å². The Morgan fingerprint density at radius 2 is 2.00 bits per heavy atom. The van der Waals surface area contributed by atoms with E-state index in [-0.39, 0.29) is 30.0 Å². The summed E-state index contributed by atoms with van der Waals surface area (Å²) in [7, 11) is 0. The Kier molecular flexibility index (Phi) is 2.32. The van der Waals surface area contributed by atoms with Crippen LogP contribution in [0.5, 0.6) is 11.5 Å². The minimum Gasteiger partial charge on any atom is -0.454 e. The highest BCUT2D eigenvalue weighted by molar-refractivity contribution is 5.96. The summed E-state index contributed by atoms with van der Waals surface area (Å²) in [5.74, 6) is 0.532. The van der Waals surface area contributed by atoms with Gasteiger partial charge in [0.25, 0.3) is 5.69 Å². The van der Waals surface area contributed by atoms with Gasteiger partial charge in [0.15, 0.2) is 11.5 Å². The molecule has 0 bridgehead atoms. The first-order chi connectivity index (χ1) is 8.65. The van der Waals surface area contributed by atoms with Gasteiger partial charge < -0.3 is 14.8 Å². The van der Waals surface area contributed by atoms with Gasteiger partial charge in [-0.1, -0.05) is 0 Å². The first kappa shape index (κ1) is 10.8. The van der Waals surface area contributed by atoms with Crippen LogP contribution in [0, 0.1) is 16.0 Å². The molecule has 3 rings (SSSR count). The van der Waals surface area contributed by atoms with E-state index in [1.165, 1.54) is 12.1 Å². The number of carbonyl (C=O) groups is 1. The predicted octanol–water partition coefficient (Wildman–Crippen LogP) is 1.67. The number of nitrogens with zero attached hydrogens (tertiary/aromatic N) is 1. The molecule has 0 spiro atoms. The number of rotatable bonds is 3. The number of fused-ring (bicyclic) bond motifs is 1. The maximum Gasteiger partial charge on any atom is 0.296 e. The maximum absolute atomic E-state index is 11.6. The van der Waals surface area contributed by atoms with Gasteiger partial charge in [0.2, 0.25) is 12.7 Å². The lowest BCUT2D eigenvalue weighted by Gasteiger charge is -2.06. The number of benzene rings is 1. The van der Waals surface area contributed by atoms with Gasteiger partial charge in [0.05, 0.1) is 11.0 Å². The fourth-order valence-electron chi connectivity index (χ4n) is 1.76. The molecule has 1 amide bonds. The number of anilines is 1. The van der Waals surface area contributed by atoms with E-state index in [0.29, 0.717) is 11.5 Å². The van der Waals surface area contributed by atoms with Crippen LogP contribution < -0.4 is 14.8 Å². The molecular weight excluding hydrogens is 240 g/mol. The van der Waals surface area contributed by atoms with Crippen molar-refractivity contribution >= 4 is 17.3 Å². The third-order valence-corrected chi connectivity index (χ3v) is 2.89. The summed E-state index contributed by atoms with van der Waals surface area (Å²) in [5.41, 5.74) is -0.0330. The lowest BCUT2D eigenvalue weighted by atomic mass is 10.2. The van der Waals surface area contributed by atoms with E-state index in [9.17, 15) is 14.9 Å². The Morgan fingerprint density at radius 3 is 2.61 bits per heavy atom. The van der Waals surface area contributed by atoms with Gasteiger partial charge in [-0.3, -0.25) is 14.9 Å². The molecule has 0 aromatic heterocycles. The second-order valence-electron chi connectivity index (χ2n) is 4.24. The van der Waals surface area contributed by atoms with Crippen molar-refractivity contribution in [3.05, 3.63) is 22.2 Å². The first-order valence-corrected chi connectivity index (χ1v) is 5.54. The molecule has 1 aromatic carbocycles. The Balaban J connectivity index is 1.95. The molecule has 1 heterocycles. The van der Waals surface area contributed by atoms with E-state index < -0.39 is 4.92 Å². The molecule has 1 aliphatic heterocycles. The molecule has 0 unspecified atom stereocenters. The number of hydrogen-bond acceptors (Lipinski definition) is 5. The first-order valence-electron chi connectivity index (χ1n) is 5.54. The smallest absolute Gasteiger partial charge is 0.296 e. The van der Waals surface area contributed by atoms with E-state index in [2.05, 4.69) is 5.32 Å². The number of amides is 1. The normalized spacial score (nSPS) is 16.4. The maximum atomic E-state index is 11.6. The van der Waals surface area contributed by atoms with Crippen LogP contribution in [0.2, 0.25) is 0 Å². The van der Waals surface area contributed by atoms with Gasteiger partial charge in [0, 0.05) is 12.0 Å². The average Bonchev–Trinajstić information content (AvgIpc) is 3.08. The lowest BCUT2D eigenvalue weighted by molar-refractivity contribution is -0.384. The second kappa shape index (κ2) is 3.86. The summed E-state index contributed by atoms with van der Waals surface area (Å²) in [6.45, 7) is 0.0342. The topological polar surface area (TPSA) is 90.7 Å². The Labute approximate surface area is 102 Å². The molecule has 0 atom stereocenters. The van der Waals surface area contributed by atoms with Crippen molar-refractivity contribution in [2.75, 3.05) is 12.1 Å². The third-order valence-electron chi connectivity index (χ3n) is 2.89.